The molecule has 0 unspecified atom stereocenters. The van der Waals surface area contributed by atoms with Crippen LogP contribution in [0.5, 0.6) is 0 Å². The maximum atomic E-state index is 4.41. The van der Waals surface area contributed by atoms with Crippen LogP contribution in [0.15, 0.2) is 11.6 Å². The highest BCUT2D eigenvalue weighted by Crippen LogP contribution is 2.07. The molecule has 2 aromatic rings. The van der Waals surface area contributed by atoms with Crippen LogP contribution in [-0.2, 0) is 20.0 Å². The van der Waals surface area contributed by atoms with E-state index in [0.29, 0.717) is 0 Å². The Morgan fingerprint density at radius 3 is 3.00 bits per heavy atom. The van der Waals surface area contributed by atoms with E-state index >= 15 is 0 Å². The SMILES string of the molecule is Cc1nc(CCNCc2cnnn2C)cs1. The standard InChI is InChI=1S/C10H15N5S/c1-8-13-9(7-16-8)3-4-11-5-10-6-12-14-15(10)2/h6-7,11H,3-5H2,1-2H3. The van der Waals surface area contributed by atoms with Gasteiger partial charge in [-0.3, -0.25) is 4.68 Å². The molecular weight excluding hydrogens is 222 g/mol. The number of hydrogen-bond acceptors (Lipinski definition) is 5. The third kappa shape index (κ3) is 2.86. The van der Waals surface area contributed by atoms with Gasteiger partial charge in [0.05, 0.1) is 22.6 Å². The molecule has 0 aliphatic heterocycles. The van der Waals surface area contributed by atoms with Gasteiger partial charge in [0.2, 0.25) is 0 Å². The second kappa shape index (κ2) is 5.18. The fourth-order valence-corrected chi connectivity index (χ4v) is 2.07. The van der Waals surface area contributed by atoms with E-state index in [4.69, 9.17) is 0 Å². The van der Waals surface area contributed by atoms with E-state index < -0.39 is 0 Å². The quantitative estimate of drug-likeness (QED) is 0.785. The Morgan fingerprint density at radius 2 is 2.38 bits per heavy atom. The molecule has 0 fully saturated rings. The van der Waals surface area contributed by atoms with Crippen LogP contribution in [0, 0.1) is 6.92 Å². The molecule has 1 N–H and O–H groups in total. The van der Waals surface area contributed by atoms with Crippen LogP contribution in [-0.4, -0.2) is 26.5 Å². The molecule has 2 rings (SSSR count). The fraction of sp³-hybridized carbons (Fsp3) is 0.500. The largest absolute Gasteiger partial charge is 0.311 e. The third-order valence-corrected chi connectivity index (χ3v) is 3.16. The second-order valence-corrected chi connectivity index (χ2v) is 4.70. The number of rotatable bonds is 5. The Balaban J connectivity index is 1.71. The van der Waals surface area contributed by atoms with E-state index in [1.165, 1.54) is 0 Å². The second-order valence-electron chi connectivity index (χ2n) is 3.63. The van der Waals surface area contributed by atoms with Gasteiger partial charge in [0.1, 0.15) is 0 Å². The monoisotopic (exact) mass is 237 g/mol. The van der Waals surface area contributed by atoms with E-state index in [0.717, 1.165) is 35.9 Å². The van der Waals surface area contributed by atoms with E-state index in [-0.39, 0.29) is 0 Å². The molecule has 0 saturated carbocycles. The zero-order valence-corrected chi connectivity index (χ0v) is 10.3. The lowest BCUT2D eigenvalue weighted by molar-refractivity contribution is 0.615. The number of nitrogens with zero attached hydrogens (tertiary/aromatic N) is 4. The van der Waals surface area contributed by atoms with Crippen molar-refractivity contribution in [3.63, 3.8) is 0 Å². The van der Waals surface area contributed by atoms with Gasteiger partial charge in [-0.05, 0) is 6.92 Å². The van der Waals surface area contributed by atoms with Crippen molar-refractivity contribution in [2.45, 2.75) is 19.9 Å². The molecular formula is C10H15N5S. The molecule has 0 spiro atoms. The zero-order chi connectivity index (χ0) is 11.4. The van der Waals surface area contributed by atoms with Crippen molar-refractivity contribution in [3.8, 4) is 0 Å². The lowest BCUT2D eigenvalue weighted by Gasteiger charge is -2.02. The number of aromatic nitrogens is 4. The van der Waals surface area contributed by atoms with Crippen LogP contribution in [0.25, 0.3) is 0 Å². The summed E-state index contributed by atoms with van der Waals surface area (Å²) in [5.74, 6) is 0. The first-order valence-electron chi connectivity index (χ1n) is 5.21. The van der Waals surface area contributed by atoms with Crippen LogP contribution in [0.4, 0.5) is 0 Å². The molecule has 5 nitrogen and oxygen atoms in total. The average Bonchev–Trinajstić information content (AvgIpc) is 2.83. The Kier molecular flexibility index (Phi) is 3.63. The van der Waals surface area contributed by atoms with Gasteiger partial charge in [0.15, 0.2) is 0 Å². The molecule has 0 aliphatic rings. The first kappa shape index (κ1) is 11.2. The lowest BCUT2D eigenvalue weighted by atomic mass is 10.3. The molecule has 0 radical (unpaired) electrons. The molecule has 6 heteroatoms. The molecule has 0 saturated heterocycles. The summed E-state index contributed by atoms with van der Waals surface area (Å²) in [6, 6.07) is 0. The number of thiazole rings is 1. The van der Waals surface area contributed by atoms with E-state index in [1.54, 1.807) is 22.2 Å². The van der Waals surface area contributed by atoms with E-state index in [9.17, 15) is 0 Å². The van der Waals surface area contributed by atoms with Gasteiger partial charge in [-0.1, -0.05) is 5.21 Å². The average molecular weight is 237 g/mol. The van der Waals surface area contributed by atoms with Crippen molar-refractivity contribution in [1.82, 2.24) is 25.3 Å². The molecule has 0 aromatic carbocycles. The predicted octanol–water partition coefficient (Wildman–Crippen LogP) is 0.912. The smallest absolute Gasteiger partial charge is 0.0897 e. The van der Waals surface area contributed by atoms with E-state index in [2.05, 4.69) is 26.0 Å². The summed E-state index contributed by atoms with van der Waals surface area (Å²) in [6.07, 6.45) is 2.75. The van der Waals surface area contributed by atoms with Crippen LogP contribution in [0.1, 0.15) is 16.4 Å². The minimum atomic E-state index is 0.798. The Hall–Kier alpha value is -1.27. The maximum Gasteiger partial charge on any atom is 0.0897 e. The zero-order valence-electron chi connectivity index (χ0n) is 9.47. The van der Waals surface area contributed by atoms with Crippen LogP contribution in [0.2, 0.25) is 0 Å². The highest BCUT2D eigenvalue weighted by molar-refractivity contribution is 7.09. The van der Waals surface area contributed by atoms with Crippen molar-refractivity contribution in [3.05, 3.63) is 28.0 Å². The predicted molar refractivity (Wildman–Crippen MR) is 63.3 cm³/mol. The summed E-state index contributed by atoms with van der Waals surface area (Å²) < 4.78 is 1.78. The van der Waals surface area contributed by atoms with Gasteiger partial charge < -0.3 is 5.32 Å². The van der Waals surface area contributed by atoms with Crippen molar-refractivity contribution in [2.24, 2.45) is 7.05 Å². The van der Waals surface area contributed by atoms with Gasteiger partial charge in [-0.25, -0.2) is 4.98 Å². The summed E-state index contributed by atoms with van der Waals surface area (Å²) in [5, 5.41) is 14.3. The molecule has 0 aliphatic carbocycles. The van der Waals surface area contributed by atoms with Crippen molar-refractivity contribution < 1.29 is 0 Å². The normalized spacial score (nSPS) is 10.9. The molecule has 16 heavy (non-hydrogen) atoms. The van der Waals surface area contributed by atoms with Crippen LogP contribution >= 0.6 is 11.3 Å². The molecule has 2 aromatic heterocycles. The lowest BCUT2D eigenvalue weighted by Crippen LogP contribution is -2.18. The summed E-state index contributed by atoms with van der Waals surface area (Å²) in [5.41, 5.74) is 2.26. The first-order chi connectivity index (χ1) is 7.75. The summed E-state index contributed by atoms with van der Waals surface area (Å²) in [7, 11) is 1.90. The minimum absolute atomic E-state index is 0.798. The van der Waals surface area contributed by atoms with Gasteiger partial charge in [0.25, 0.3) is 0 Å². The molecule has 2 heterocycles. The van der Waals surface area contributed by atoms with Crippen molar-refractivity contribution in [2.75, 3.05) is 6.54 Å². The number of nitrogens with one attached hydrogen (secondary N) is 1. The summed E-state index contributed by atoms with van der Waals surface area (Å²) in [6.45, 7) is 3.75. The van der Waals surface area contributed by atoms with Crippen LogP contribution < -0.4 is 5.32 Å². The highest BCUT2D eigenvalue weighted by Gasteiger charge is 2.00. The molecule has 0 amide bonds. The summed E-state index contributed by atoms with van der Waals surface area (Å²) >= 11 is 1.70. The van der Waals surface area contributed by atoms with Gasteiger partial charge in [-0.15, -0.1) is 16.4 Å². The Bertz CT molecular complexity index is 448. The first-order valence-corrected chi connectivity index (χ1v) is 6.09. The van der Waals surface area contributed by atoms with Gasteiger partial charge in [0, 0.05) is 31.9 Å². The highest BCUT2D eigenvalue weighted by atomic mass is 32.1. The third-order valence-electron chi connectivity index (χ3n) is 2.34. The van der Waals surface area contributed by atoms with Crippen molar-refractivity contribution >= 4 is 11.3 Å². The fourth-order valence-electron chi connectivity index (χ4n) is 1.43. The van der Waals surface area contributed by atoms with Crippen molar-refractivity contribution in [1.29, 1.82) is 0 Å². The molecule has 0 atom stereocenters. The molecule has 0 bridgehead atoms. The maximum absolute atomic E-state index is 4.41. The van der Waals surface area contributed by atoms with Gasteiger partial charge >= 0.3 is 0 Å². The van der Waals surface area contributed by atoms with Crippen LogP contribution in [0.3, 0.4) is 0 Å². The Labute approximate surface area is 98.5 Å². The van der Waals surface area contributed by atoms with E-state index in [1.807, 2.05) is 14.0 Å². The minimum Gasteiger partial charge on any atom is -0.311 e. The summed E-state index contributed by atoms with van der Waals surface area (Å²) in [4.78, 5) is 4.41. The number of hydrogen-bond donors (Lipinski definition) is 1. The van der Waals surface area contributed by atoms with Gasteiger partial charge in [-0.2, -0.15) is 0 Å². The molecule has 86 valence electrons. The number of aryl methyl sites for hydroxylation is 2. The Morgan fingerprint density at radius 1 is 1.50 bits per heavy atom. The topological polar surface area (TPSA) is 55.6 Å².